The van der Waals surface area contributed by atoms with Crippen molar-refractivity contribution in [2.45, 2.75) is 64.1 Å². The third-order valence-corrected chi connectivity index (χ3v) is 4.51. The second-order valence-electron chi connectivity index (χ2n) is 6.85. The molecule has 0 bridgehead atoms. The number of carbonyl (C=O) groups is 2. The number of nitrogens with zero attached hydrogens (tertiary/aromatic N) is 1. The van der Waals surface area contributed by atoms with Crippen LogP contribution in [0.3, 0.4) is 0 Å². The zero-order chi connectivity index (χ0) is 15.6. The molecule has 0 spiro atoms. The number of urea groups is 1. The van der Waals surface area contributed by atoms with E-state index < -0.39 is 5.97 Å². The van der Waals surface area contributed by atoms with Crippen LogP contribution in [0.2, 0.25) is 0 Å². The number of hydrogen-bond acceptors (Lipinski definition) is 3. The first-order valence-corrected chi connectivity index (χ1v) is 7.72. The summed E-state index contributed by atoms with van der Waals surface area (Å²) >= 11 is 0. The van der Waals surface area contributed by atoms with Gasteiger partial charge in [0, 0.05) is 25.2 Å². The molecule has 0 aromatic rings. The molecule has 0 aliphatic carbocycles. The zero-order valence-electron chi connectivity index (χ0n) is 13.1. The number of amides is 2. The molecule has 2 aliphatic heterocycles. The molecule has 3 atom stereocenters. The van der Waals surface area contributed by atoms with Gasteiger partial charge in [0.1, 0.15) is 0 Å². The first-order valence-electron chi connectivity index (χ1n) is 7.72. The Morgan fingerprint density at radius 3 is 2.62 bits per heavy atom. The predicted octanol–water partition coefficient (Wildman–Crippen LogP) is 1.84. The molecule has 2 aliphatic rings. The van der Waals surface area contributed by atoms with Gasteiger partial charge in [-0.3, -0.25) is 4.79 Å². The van der Waals surface area contributed by atoms with E-state index in [0.717, 1.165) is 12.8 Å². The minimum Gasteiger partial charge on any atom is -0.481 e. The summed E-state index contributed by atoms with van der Waals surface area (Å²) in [4.78, 5) is 25.2. The number of piperidine rings is 1. The number of ether oxygens (including phenoxy) is 1. The summed E-state index contributed by atoms with van der Waals surface area (Å²) in [6, 6.07) is 0.0207. The Morgan fingerprint density at radius 1 is 1.33 bits per heavy atom. The van der Waals surface area contributed by atoms with Gasteiger partial charge in [0.2, 0.25) is 0 Å². The van der Waals surface area contributed by atoms with E-state index in [1.165, 1.54) is 0 Å². The van der Waals surface area contributed by atoms with Crippen LogP contribution in [0.1, 0.15) is 46.5 Å². The van der Waals surface area contributed by atoms with E-state index in [0.29, 0.717) is 26.0 Å². The Hall–Kier alpha value is -1.30. The summed E-state index contributed by atoms with van der Waals surface area (Å²) in [5.41, 5.74) is -0.196. The first-order chi connectivity index (χ1) is 9.78. The highest BCUT2D eigenvalue weighted by Gasteiger charge is 2.35. The average molecular weight is 298 g/mol. The normalized spacial score (nSPS) is 32.5. The quantitative estimate of drug-likeness (QED) is 0.815. The maximum Gasteiger partial charge on any atom is 0.317 e. The van der Waals surface area contributed by atoms with E-state index in [1.807, 2.05) is 20.8 Å². The Kier molecular flexibility index (Phi) is 4.76. The fourth-order valence-corrected chi connectivity index (χ4v) is 3.31. The number of nitrogens with one attached hydrogen (secondary N) is 1. The molecule has 0 saturated carbocycles. The van der Waals surface area contributed by atoms with Crippen LogP contribution in [0.5, 0.6) is 0 Å². The molecule has 2 fully saturated rings. The fourth-order valence-electron chi connectivity index (χ4n) is 3.31. The Morgan fingerprint density at radius 2 is 2.05 bits per heavy atom. The number of carboxylic acids is 1. The van der Waals surface area contributed by atoms with E-state index in [4.69, 9.17) is 9.84 Å². The van der Waals surface area contributed by atoms with Gasteiger partial charge in [-0.25, -0.2) is 4.79 Å². The number of rotatable bonds is 2. The van der Waals surface area contributed by atoms with Crippen LogP contribution < -0.4 is 5.32 Å². The molecule has 2 rings (SSSR count). The van der Waals surface area contributed by atoms with Gasteiger partial charge in [-0.15, -0.1) is 0 Å². The molecular formula is C15H26N2O4. The maximum absolute atomic E-state index is 12.4. The fraction of sp³-hybridized carbons (Fsp3) is 0.867. The van der Waals surface area contributed by atoms with Crippen LogP contribution in [-0.4, -0.2) is 52.8 Å². The molecule has 6 nitrogen and oxygen atoms in total. The lowest BCUT2D eigenvalue weighted by atomic mass is 9.91. The van der Waals surface area contributed by atoms with Crippen molar-refractivity contribution >= 4 is 12.0 Å². The largest absolute Gasteiger partial charge is 0.481 e. The lowest BCUT2D eigenvalue weighted by Crippen LogP contribution is -2.54. The lowest BCUT2D eigenvalue weighted by molar-refractivity contribution is -0.143. The van der Waals surface area contributed by atoms with Crippen molar-refractivity contribution in [3.05, 3.63) is 0 Å². The predicted molar refractivity (Wildman–Crippen MR) is 78.1 cm³/mol. The number of likely N-dealkylation sites (tertiary alicyclic amines) is 1. The van der Waals surface area contributed by atoms with Crippen molar-refractivity contribution in [2.75, 3.05) is 13.2 Å². The topological polar surface area (TPSA) is 78.9 Å². The molecule has 120 valence electrons. The Balaban J connectivity index is 1.87. The van der Waals surface area contributed by atoms with Crippen LogP contribution in [0.25, 0.3) is 0 Å². The van der Waals surface area contributed by atoms with Gasteiger partial charge in [0.25, 0.3) is 0 Å². The summed E-state index contributed by atoms with van der Waals surface area (Å²) in [5, 5.41) is 12.1. The summed E-state index contributed by atoms with van der Waals surface area (Å²) in [6.07, 6.45) is 2.70. The van der Waals surface area contributed by atoms with E-state index in [-0.39, 0.29) is 29.6 Å². The van der Waals surface area contributed by atoms with Crippen LogP contribution in [-0.2, 0) is 9.53 Å². The minimum atomic E-state index is -0.756. The van der Waals surface area contributed by atoms with E-state index >= 15 is 0 Å². The summed E-state index contributed by atoms with van der Waals surface area (Å²) < 4.78 is 5.65. The van der Waals surface area contributed by atoms with Crippen molar-refractivity contribution < 1.29 is 19.4 Å². The van der Waals surface area contributed by atoms with Gasteiger partial charge in [-0.05, 0) is 46.5 Å². The molecule has 0 radical (unpaired) electrons. The Bertz CT molecular complexity index is 410. The lowest BCUT2D eigenvalue weighted by Gasteiger charge is -2.39. The highest BCUT2D eigenvalue weighted by molar-refractivity contribution is 5.76. The molecular weight excluding hydrogens is 272 g/mol. The third kappa shape index (κ3) is 4.09. The van der Waals surface area contributed by atoms with Crippen molar-refractivity contribution in [1.29, 1.82) is 0 Å². The van der Waals surface area contributed by atoms with E-state index in [2.05, 4.69) is 5.32 Å². The van der Waals surface area contributed by atoms with E-state index in [1.54, 1.807) is 4.90 Å². The highest BCUT2D eigenvalue weighted by Crippen LogP contribution is 2.26. The van der Waals surface area contributed by atoms with Crippen LogP contribution in [0.4, 0.5) is 4.79 Å². The van der Waals surface area contributed by atoms with Gasteiger partial charge >= 0.3 is 12.0 Å². The molecule has 2 amide bonds. The monoisotopic (exact) mass is 298 g/mol. The standard InChI is InChI=1S/C15H26N2O4/c1-10-8-11(13(18)19)4-6-17(10)14(20)16-12-5-7-21-15(2,3)9-12/h10-12H,4-9H2,1-3H3,(H,16,20)(H,18,19). The zero-order valence-corrected chi connectivity index (χ0v) is 13.1. The molecule has 0 aromatic carbocycles. The maximum atomic E-state index is 12.4. The number of aliphatic carboxylic acids is 1. The molecule has 2 N–H and O–H groups in total. The summed E-state index contributed by atoms with van der Waals surface area (Å²) in [7, 11) is 0. The van der Waals surface area contributed by atoms with Gasteiger partial charge in [-0.1, -0.05) is 0 Å². The minimum absolute atomic E-state index is 0.0345. The van der Waals surface area contributed by atoms with Crippen LogP contribution in [0, 0.1) is 5.92 Å². The second-order valence-corrected chi connectivity index (χ2v) is 6.85. The first kappa shape index (κ1) is 16.1. The van der Waals surface area contributed by atoms with Crippen LogP contribution in [0.15, 0.2) is 0 Å². The van der Waals surface area contributed by atoms with Gasteiger partial charge in [0.15, 0.2) is 0 Å². The molecule has 6 heteroatoms. The van der Waals surface area contributed by atoms with Gasteiger partial charge in [-0.2, -0.15) is 0 Å². The molecule has 0 aromatic heterocycles. The summed E-state index contributed by atoms with van der Waals surface area (Å²) in [5.74, 6) is -1.08. The SMILES string of the molecule is CC1CC(C(=O)O)CCN1C(=O)NC1CCOC(C)(C)C1. The second kappa shape index (κ2) is 6.22. The van der Waals surface area contributed by atoms with Crippen molar-refractivity contribution in [1.82, 2.24) is 10.2 Å². The Labute approximate surface area is 125 Å². The van der Waals surface area contributed by atoms with Gasteiger partial charge in [0.05, 0.1) is 11.5 Å². The molecule has 21 heavy (non-hydrogen) atoms. The number of carbonyl (C=O) groups excluding carboxylic acids is 1. The number of hydrogen-bond donors (Lipinski definition) is 2. The van der Waals surface area contributed by atoms with Crippen molar-refractivity contribution in [2.24, 2.45) is 5.92 Å². The summed E-state index contributed by atoms with van der Waals surface area (Å²) in [6.45, 7) is 7.16. The smallest absolute Gasteiger partial charge is 0.317 e. The average Bonchev–Trinajstić information content (AvgIpc) is 2.36. The van der Waals surface area contributed by atoms with Crippen molar-refractivity contribution in [3.8, 4) is 0 Å². The third-order valence-electron chi connectivity index (χ3n) is 4.51. The number of carboxylic acid groups (broad SMARTS) is 1. The molecule has 2 heterocycles. The van der Waals surface area contributed by atoms with Gasteiger partial charge < -0.3 is 20.1 Å². The van der Waals surface area contributed by atoms with Crippen molar-refractivity contribution in [3.63, 3.8) is 0 Å². The van der Waals surface area contributed by atoms with Crippen LogP contribution >= 0.6 is 0 Å². The highest BCUT2D eigenvalue weighted by atomic mass is 16.5. The molecule has 3 unspecified atom stereocenters. The van der Waals surface area contributed by atoms with E-state index in [9.17, 15) is 9.59 Å². The molecule has 2 saturated heterocycles.